The maximum atomic E-state index is 8.54. The number of aliphatic hydroxyl groups is 1. The summed E-state index contributed by atoms with van der Waals surface area (Å²) in [5, 5.41) is 11.8. The minimum absolute atomic E-state index is 0.269. The predicted octanol–water partition coefficient (Wildman–Crippen LogP) is 1.54. The van der Waals surface area contributed by atoms with Crippen molar-refractivity contribution in [2.75, 3.05) is 19.7 Å². The summed E-state index contributed by atoms with van der Waals surface area (Å²) in [5.41, 5.74) is 0. The van der Waals surface area contributed by atoms with E-state index in [2.05, 4.69) is 5.32 Å². The van der Waals surface area contributed by atoms with E-state index in [4.69, 9.17) is 5.11 Å². The van der Waals surface area contributed by atoms with Crippen molar-refractivity contribution in [3.05, 3.63) is 0 Å². The first-order chi connectivity index (χ1) is 5.93. The van der Waals surface area contributed by atoms with Crippen LogP contribution < -0.4 is 5.32 Å². The minimum atomic E-state index is 0.269. The summed E-state index contributed by atoms with van der Waals surface area (Å²) >= 11 is 0. The van der Waals surface area contributed by atoms with Gasteiger partial charge in [-0.1, -0.05) is 32.1 Å². The van der Waals surface area contributed by atoms with Crippen LogP contribution in [-0.2, 0) is 0 Å². The third-order valence-corrected chi connectivity index (χ3v) is 2.74. The first kappa shape index (κ1) is 10.0. The molecule has 2 N–H and O–H groups in total. The number of rotatable bonds is 5. The molecule has 0 saturated heterocycles. The Hall–Kier alpha value is -0.0800. The summed E-state index contributed by atoms with van der Waals surface area (Å²) in [6.45, 7) is 2.11. The molecule has 0 radical (unpaired) electrons. The van der Waals surface area contributed by atoms with E-state index in [-0.39, 0.29) is 6.61 Å². The Morgan fingerprint density at radius 2 is 1.83 bits per heavy atom. The molecule has 0 aromatic carbocycles. The lowest BCUT2D eigenvalue weighted by Crippen LogP contribution is -2.22. The molecular formula is C10H21NO. The van der Waals surface area contributed by atoms with Gasteiger partial charge in [-0.2, -0.15) is 0 Å². The Morgan fingerprint density at radius 3 is 2.50 bits per heavy atom. The Bertz CT molecular complexity index is 100. The minimum Gasteiger partial charge on any atom is -0.395 e. The smallest absolute Gasteiger partial charge is 0.0555 e. The van der Waals surface area contributed by atoms with Gasteiger partial charge in [0.25, 0.3) is 0 Å². The van der Waals surface area contributed by atoms with Crippen LogP contribution in [0, 0.1) is 5.92 Å². The van der Waals surface area contributed by atoms with E-state index in [1.54, 1.807) is 0 Å². The molecule has 0 unspecified atom stereocenters. The third-order valence-electron chi connectivity index (χ3n) is 2.74. The van der Waals surface area contributed by atoms with E-state index in [9.17, 15) is 0 Å². The van der Waals surface area contributed by atoms with Crippen LogP contribution >= 0.6 is 0 Å². The zero-order valence-corrected chi connectivity index (χ0v) is 7.89. The lowest BCUT2D eigenvalue weighted by molar-refractivity contribution is 0.284. The van der Waals surface area contributed by atoms with Gasteiger partial charge < -0.3 is 10.4 Å². The van der Waals surface area contributed by atoms with Crippen molar-refractivity contribution in [2.24, 2.45) is 5.92 Å². The molecular weight excluding hydrogens is 150 g/mol. The van der Waals surface area contributed by atoms with Crippen LogP contribution in [0.2, 0.25) is 0 Å². The normalized spacial score (nSPS) is 19.8. The predicted molar refractivity (Wildman–Crippen MR) is 51.1 cm³/mol. The summed E-state index contributed by atoms with van der Waals surface area (Å²) < 4.78 is 0. The highest BCUT2D eigenvalue weighted by molar-refractivity contribution is 4.66. The summed E-state index contributed by atoms with van der Waals surface area (Å²) in [7, 11) is 0. The molecule has 0 bridgehead atoms. The van der Waals surface area contributed by atoms with Gasteiger partial charge in [-0.15, -0.1) is 0 Å². The van der Waals surface area contributed by atoms with E-state index < -0.39 is 0 Å². The molecule has 1 saturated carbocycles. The first-order valence-electron chi connectivity index (χ1n) is 5.25. The lowest BCUT2D eigenvalue weighted by atomic mass is 9.87. The summed E-state index contributed by atoms with van der Waals surface area (Å²) in [5.74, 6) is 0.963. The second kappa shape index (κ2) is 6.44. The SMILES string of the molecule is OCCNCCC1CCCCC1. The van der Waals surface area contributed by atoms with E-state index in [0.29, 0.717) is 0 Å². The van der Waals surface area contributed by atoms with Crippen molar-refractivity contribution in [3.63, 3.8) is 0 Å². The van der Waals surface area contributed by atoms with E-state index >= 15 is 0 Å². The standard InChI is InChI=1S/C10H21NO/c12-9-8-11-7-6-10-4-2-1-3-5-10/h10-12H,1-9H2. The molecule has 12 heavy (non-hydrogen) atoms. The van der Waals surface area contributed by atoms with Crippen molar-refractivity contribution in [3.8, 4) is 0 Å². The fourth-order valence-electron chi connectivity index (χ4n) is 1.99. The van der Waals surface area contributed by atoms with Crippen LogP contribution in [0.25, 0.3) is 0 Å². The molecule has 0 aromatic rings. The highest BCUT2D eigenvalue weighted by Gasteiger charge is 2.11. The maximum absolute atomic E-state index is 8.54. The van der Waals surface area contributed by atoms with Gasteiger partial charge in [-0.25, -0.2) is 0 Å². The molecule has 2 nitrogen and oxygen atoms in total. The van der Waals surface area contributed by atoms with E-state index in [1.165, 1.54) is 38.5 Å². The van der Waals surface area contributed by atoms with E-state index in [0.717, 1.165) is 19.0 Å². The largest absolute Gasteiger partial charge is 0.395 e. The Kier molecular flexibility index (Phi) is 5.37. The van der Waals surface area contributed by atoms with Gasteiger partial charge in [0.1, 0.15) is 0 Å². The quantitative estimate of drug-likeness (QED) is 0.615. The first-order valence-corrected chi connectivity index (χ1v) is 5.25. The van der Waals surface area contributed by atoms with Crippen molar-refractivity contribution < 1.29 is 5.11 Å². The highest BCUT2D eigenvalue weighted by Crippen LogP contribution is 2.25. The monoisotopic (exact) mass is 171 g/mol. The molecule has 1 fully saturated rings. The Balaban J connectivity index is 1.91. The average Bonchev–Trinajstić information content (AvgIpc) is 2.14. The zero-order valence-electron chi connectivity index (χ0n) is 7.89. The van der Waals surface area contributed by atoms with Gasteiger partial charge in [0.2, 0.25) is 0 Å². The van der Waals surface area contributed by atoms with Crippen LogP contribution in [0.4, 0.5) is 0 Å². The molecule has 0 spiro atoms. The van der Waals surface area contributed by atoms with Gasteiger partial charge in [-0.05, 0) is 18.9 Å². The number of nitrogens with one attached hydrogen (secondary N) is 1. The maximum Gasteiger partial charge on any atom is 0.0555 e. The second-order valence-electron chi connectivity index (χ2n) is 3.77. The van der Waals surface area contributed by atoms with Gasteiger partial charge >= 0.3 is 0 Å². The van der Waals surface area contributed by atoms with Crippen LogP contribution in [0.5, 0.6) is 0 Å². The number of aliphatic hydroxyl groups excluding tert-OH is 1. The average molecular weight is 171 g/mol. The van der Waals surface area contributed by atoms with Gasteiger partial charge in [0, 0.05) is 6.54 Å². The van der Waals surface area contributed by atoms with Crippen LogP contribution in [-0.4, -0.2) is 24.8 Å². The molecule has 0 atom stereocenters. The molecule has 0 amide bonds. The van der Waals surface area contributed by atoms with Crippen LogP contribution in [0.15, 0.2) is 0 Å². The van der Waals surface area contributed by atoms with Crippen molar-refractivity contribution in [2.45, 2.75) is 38.5 Å². The summed E-state index contributed by atoms with van der Waals surface area (Å²) in [6.07, 6.45) is 8.48. The Morgan fingerprint density at radius 1 is 1.08 bits per heavy atom. The Labute approximate surface area is 75.4 Å². The molecule has 1 aliphatic carbocycles. The van der Waals surface area contributed by atoms with Gasteiger partial charge in [0.05, 0.1) is 6.61 Å². The van der Waals surface area contributed by atoms with Crippen LogP contribution in [0.3, 0.4) is 0 Å². The molecule has 1 aliphatic rings. The van der Waals surface area contributed by atoms with Gasteiger partial charge in [0.15, 0.2) is 0 Å². The van der Waals surface area contributed by atoms with E-state index in [1.807, 2.05) is 0 Å². The van der Waals surface area contributed by atoms with Gasteiger partial charge in [-0.3, -0.25) is 0 Å². The van der Waals surface area contributed by atoms with Crippen molar-refractivity contribution in [1.29, 1.82) is 0 Å². The third kappa shape index (κ3) is 4.07. The highest BCUT2D eigenvalue weighted by atomic mass is 16.3. The molecule has 0 aliphatic heterocycles. The van der Waals surface area contributed by atoms with Crippen molar-refractivity contribution in [1.82, 2.24) is 5.32 Å². The molecule has 0 heterocycles. The summed E-state index contributed by atoms with van der Waals surface area (Å²) in [4.78, 5) is 0. The molecule has 2 heteroatoms. The topological polar surface area (TPSA) is 32.3 Å². The fraction of sp³-hybridized carbons (Fsp3) is 1.00. The summed E-state index contributed by atoms with van der Waals surface area (Å²) in [6, 6.07) is 0. The zero-order chi connectivity index (χ0) is 8.65. The second-order valence-corrected chi connectivity index (χ2v) is 3.77. The molecule has 0 aromatic heterocycles. The lowest BCUT2D eigenvalue weighted by Gasteiger charge is -2.21. The van der Waals surface area contributed by atoms with Crippen molar-refractivity contribution >= 4 is 0 Å². The fourth-order valence-corrected chi connectivity index (χ4v) is 1.99. The number of hydrogen-bond donors (Lipinski definition) is 2. The molecule has 72 valence electrons. The van der Waals surface area contributed by atoms with Crippen LogP contribution in [0.1, 0.15) is 38.5 Å². The number of hydrogen-bond acceptors (Lipinski definition) is 2. The molecule has 1 rings (SSSR count).